The number of nitrogens with zero attached hydrogens (tertiary/aromatic N) is 1. The second-order valence-corrected chi connectivity index (χ2v) is 2.08. The Kier molecular flexibility index (Phi) is 13.6. The van der Waals surface area contributed by atoms with Crippen molar-refractivity contribution < 1.29 is 0 Å². The van der Waals surface area contributed by atoms with Crippen molar-refractivity contribution in [3.8, 4) is 0 Å². The zero-order valence-electron chi connectivity index (χ0n) is 7.01. The molecular formula is C8H18N2. The lowest BCUT2D eigenvalue weighted by Crippen LogP contribution is -2.09. The van der Waals surface area contributed by atoms with Gasteiger partial charge in [-0.25, -0.2) is 0 Å². The van der Waals surface area contributed by atoms with Gasteiger partial charge in [-0.3, -0.25) is 0 Å². The first-order valence-electron chi connectivity index (χ1n) is 3.25. The maximum atomic E-state index is 4.91. The average molecular weight is 142 g/mol. The molecule has 10 heavy (non-hydrogen) atoms. The smallest absolute Gasteiger partial charge is 0.0154 e. The minimum Gasteiger partial charge on any atom is -0.327 e. The normalized spacial score (nSPS) is 8.00. The largest absolute Gasteiger partial charge is 0.327 e. The number of likely N-dealkylation sites (N-methyl/N-ethyl adjacent to an activating group) is 1. The lowest BCUT2D eigenvalue weighted by molar-refractivity contribution is 0.457. The van der Waals surface area contributed by atoms with E-state index in [1.165, 1.54) is 0 Å². The summed E-state index contributed by atoms with van der Waals surface area (Å²) in [5.74, 6) is 0. The number of rotatable bonds is 3. The van der Waals surface area contributed by atoms with Gasteiger partial charge in [-0.1, -0.05) is 12.2 Å². The van der Waals surface area contributed by atoms with Crippen LogP contribution < -0.4 is 5.73 Å². The Bertz CT molecular complexity index is 77.3. The SMILES string of the molecule is C=CCN.C=CCN(C)C. The van der Waals surface area contributed by atoms with Crippen molar-refractivity contribution in [2.45, 2.75) is 0 Å². The fraction of sp³-hybridized carbons (Fsp3) is 0.500. The van der Waals surface area contributed by atoms with Crippen LogP contribution in [0.15, 0.2) is 25.3 Å². The van der Waals surface area contributed by atoms with Crippen LogP contribution >= 0.6 is 0 Å². The summed E-state index contributed by atoms with van der Waals surface area (Å²) in [5.41, 5.74) is 4.91. The molecule has 2 heteroatoms. The van der Waals surface area contributed by atoms with Gasteiger partial charge in [0.1, 0.15) is 0 Å². The molecule has 0 spiro atoms. The first kappa shape index (κ1) is 12.1. The molecular weight excluding hydrogens is 124 g/mol. The molecule has 0 heterocycles. The fourth-order valence-corrected chi connectivity index (χ4v) is 0.258. The summed E-state index contributed by atoms with van der Waals surface area (Å²) in [6, 6.07) is 0. The van der Waals surface area contributed by atoms with Crippen molar-refractivity contribution in [1.82, 2.24) is 4.90 Å². The van der Waals surface area contributed by atoms with Crippen molar-refractivity contribution in [3.05, 3.63) is 25.3 Å². The maximum absolute atomic E-state index is 4.91. The van der Waals surface area contributed by atoms with E-state index in [0.29, 0.717) is 6.54 Å². The van der Waals surface area contributed by atoms with Gasteiger partial charge in [0.2, 0.25) is 0 Å². The predicted molar refractivity (Wildman–Crippen MR) is 48.0 cm³/mol. The Morgan fingerprint density at radius 3 is 1.70 bits per heavy atom. The van der Waals surface area contributed by atoms with Gasteiger partial charge in [0.15, 0.2) is 0 Å². The van der Waals surface area contributed by atoms with E-state index in [1.807, 2.05) is 20.2 Å². The summed E-state index contributed by atoms with van der Waals surface area (Å²) in [7, 11) is 4.03. The second-order valence-electron chi connectivity index (χ2n) is 2.08. The summed E-state index contributed by atoms with van der Waals surface area (Å²) in [6.07, 6.45) is 3.53. The lowest BCUT2D eigenvalue weighted by Gasteiger charge is -2.01. The first-order chi connectivity index (χ1) is 4.68. The highest BCUT2D eigenvalue weighted by molar-refractivity contribution is 4.68. The molecule has 0 saturated heterocycles. The summed E-state index contributed by atoms with van der Waals surface area (Å²) < 4.78 is 0. The van der Waals surface area contributed by atoms with E-state index in [4.69, 9.17) is 5.73 Å². The first-order valence-corrected chi connectivity index (χ1v) is 3.25. The topological polar surface area (TPSA) is 29.3 Å². The van der Waals surface area contributed by atoms with E-state index < -0.39 is 0 Å². The van der Waals surface area contributed by atoms with Gasteiger partial charge in [0.25, 0.3) is 0 Å². The minimum atomic E-state index is 0.583. The monoisotopic (exact) mass is 142 g/mol. The molecule has 0 aliphatic heterocycles. The third kappa shape index (κ3) is 26.2. The molecule has 0 radical (unpaired) electrons. The van der Waals surface area contributed by atoms with Crippen LogP contribution in [0.25, 0.3) is 0 Å². The van der Waals surface area contributed by atoms with E-state index in [2.05, 4.69) is 18.1 Å². The van der Waals surface area contributed by atoms with Crippen molar-refractivity contribution in [3.63, 3.8) is 0 Å². The summed E-state index contributed by atoms with van der Waals surface area (Å²) in [6.45, 7) is 8.47. The highest BCUT2D eigenvalue weighted by Gasteiger charge is 1.75. The van der Waals surface area contributed by atoms with Gasteiger partial charge < -0.3 is 10.6 Å². The van der Waals surface area contributed by atoms with Crippen molar-refractivity contribution in [1.29, 1.82) is 0 Å². The summed E-state index contributed by atoms with van der Waals surface area (Å²) in [5, 5.41) is 0. The third-order valence-electron chi connectivity index (χ3n) is 0.661. The molecule has 60 valence electrons. The highest BCUT2D eigenvalue weighted by Crippen LogP contribution is 1.69. The van der Waals surface area contributed by atoms with Crippen LogP contribution in [-0.2, 0) is 0 Å². The van der Waals surface area contributed by atoms with E-state index in [9.17, 15) is 0 Å². The van der Waals surface area contributed by atoms with Crippen molar-refractivity contribution >= 4 is 0 Å². The standard InChI is InChI=1S/C5H11N.C3H7N/c1-4-5-6(2)3;1-2-3-4/h4H,1,5H2,2-3H3;2H,1,3-4H2. The van der Waals surface area contributed by atoms with Crippen molar-refractivity contribution in [2.24, 2.45) is 5.73 Å². The molecule has 0 aliphatic rings. The molecule has 2 N–H and O–H groups in total. The van der Waals surface area contributed by atoms with Crippen LogP contribution in [0, 0.1) is 0 Å². The van der Waals surface area contributed by atoms with Crippen molar-refractivity contribution in [2.75, 3.05) is 27.2 Å². The number of hydrogen-bond donors (Lipinski definition) is 1. The number of nitrogens with two attached hydrogens (primary N) is 1. The Morgan fingerprint density at radius 1 is 1.30 bits per heavy atom. The van der Waals surface area contributed by atoms with Crippen LogP contribution in [0.3, 0.4) is 0 Å². The maximum Gasteiger partial charge on any atom is 0.0154 e. The third-order valence-corrected chi connectivity index (χ3v) is 0.661. The highest BCUT2D eigenvalue weighted by atomic mass is 15.0. The predicted octanol–water partition coefficient (Wildman–Crippen LogP) is 0.865. The molecule has 0 aromatic rings. The molecule has 0 fully saturated rings. The molecule has 0 aliphatic carbocycles. The van der Waals surface area contributed by atoms with E-state index in [0.717, 1.165) is 6.54 Å². The van der Waals surface area contributed by atoms with Crippen LogP contribution in [0.4, 0.5) is 0 Å². The molecule has 0 rings (SSSR count). The van der Waals surface area contributed by atoms with Gasteiger partial charge in [-0.15, -0.1) is 13.2 Å². The Morgan fingerprint density at radius 2 is 1.70 bits per heavy atom. The van der Waals surface area contributed by atoms with Crippen LogP contribution in [0.2, 0.25) is 0 Å². The molecule has 0 bridgehead atoms. The average Bonchev–Trinajstić information content (AvgIpc) is 1.89. The minimum absolute atomic E-state index is 0.583. The molecule has 0 unspecified atom stereocenters. The molecule has 0 amide bonds. The zero-order chi connectivity index (χ0) is 8.41. The Balaban J connectivity index is 0. The Labute approximate surface area is 64.0 Å². The quantitative estimate of drug-likeness (QED) is 0.592. The van der Waals surface area contributed by atoms with Crippen LogP contribution in [0.5, 0.6) is 0 Å². The van der Waals surface area contributed by atoms with E-state index in [-0.39, 0.29) is 0 Å². The van der Waals surface area contributed by atoms with Gasteiger partial charge in [0.05, 0.1) is 0 Å². The molecule has 0 atom stereocenters. The van der Waals surface area contributed by atoms with Gasteiger partial charge >= 0.3 is 0 Å². The van der Waals surface area contributed by atoms with Gasteiger partial charge in [0, 0.05) is 13.1 Å². The lowest BCUT2D eigenvalue weighted by atomic mass is 10.6. The second kappa shape index (κ2) is 11.2. The Hall–Kier alpha value is -0.600. The van der Waals surface area contributed by atoms with E-state index >= 15 is 0 Å². The van der Waals surface area contributed by atoms with Gasteiger partial charge in [-0.05, 0) is 14.1 Å². The molecule has 0 saturated carbocycles. The zero-order valence-corrected chi connectivity index (χ0v) is 7.01. The molecule has 0 aromatic heterocycles. The van der Waals surface area contributed by atoms with Crippen LogP contribution in [0.1, 0.15) is 0 Å². The summed E-state index contributed by atoms with van der Waals surface area (Å²) >= 11 is 0. The number of hydrogen-bond acceptors (Lipinski definition) is 2. The molecule has 0 aromatic carbocycles. The van der Waals surface area contributed by atoms with Crippen LogP contribution in [-0.4, -0.2) is 32.1 Å². The fourth-order valence-electron chi connectivity index (χ4n) is 0.258. The van der Waals surface area contributed by atoms with E-state index in [1.54, 1.807) is 6.08 Å². The van der Waals surface area contributed by atoms with Gasteiger partial charge in [-0.2, -0.15) is 0 Å². The molecule has 2 nitrogen and oxygen atoms in total. The summed E-state index contributed by atoms with van der Waals surface area (Å²) in [4.78, 5) is 2.06.